The largest absolute Gasteiger partial charge is 0.481 e. The van der Waals surface area contributed by atoms with Gasteiger partial charge in [0.1, 0.15) is 5.69 Å². The van der Waals surface area contributed by atoms with Gasteiger partial charge in [-0.15, -0.1) is 0 Å². The molecular formula is C15H17ClN4O2. The normalized spacial score (nSPS) is 14.9. The number of rotatable bonds is 3. The van der Waals surface area contributed by atoms with E-state index in [1.54, 1.807) is 12.1 Å². The number of pyridine rings is 1. The summed E-state index contributed by atoms with van der Waals surface area (Å²) in [5.74, 6) is 0.432. The molecular weight excluding hydrogens is 304 g/mol. The van der Waals surface area contributed by atoms with Gasteiger partial charge in [0, 0.05) is 24.7 Å². The van der Waals surface area contributed by atoms with Crippen LogP contribution < -0.4 is 4.74 Å². The van der Waals surface area contributed by atoms with Crippen LogP contribution in [0.5, 0.6) is 5.88 Å². The average molecular weight is 321 g/mol. The smallest absolute Gasteiger partial charge is 0.271 e. The summed E-state index contributed by atoms with van der Waals surface area (Å²) in [6.45, 7) is 1.61. The highest BCUT2D eigenvalue weighted by Crippen LogP contribution is 2.29. The summed E-state index contributed by atoms with van der Waals surface area (Å²) >= 11 is 6.16. The molecule has 0 spiro atoms. The molecule has 2 aromatic rings. The number of piperidine rings is 1. The van der Waals surface area contributed by atoms with Gasteiger partial charge < -0.3 is 9.64 Å². The number of aromatic amines is 1. The van der Waals surface area contributed by atoms with Crippen LogP contribution in [0.1, 0.15) is 29.8 Å². The maximum Gasteiger partial charge on any atom is 0.271 e. The molecule has 0 radical (unpaired) electrons. The molecule has 1 fully saturated rings. The number of methoxy groups -OCH3 is 1. The van der Waals surface area contributed by atoms with E-state index in [4.69, 9.17) is 16.3 Å². The average Bonchev–Trinajstić information content (AvgIpc) is 3.05. The third kappa shape index (κ3) is 2.92. The molecule has 6 nitrogen and oxygen atoms in total. The molecule has 1 amide bonds. The Hall–Kier alpha value is -2.08. The van der Waals surface area contributed by atoms with Crippen LogP contribution in [-0.2, 0) is 0 Å². The summed E-state index contributed by atoms with van der Waals surface area (Å²) < 4.78 is 5.10. The molecule has 1 aliphatic rings. The van der Waals surface area contributed by atoms with E-state index in [9.17, 15) is 4.79 Å². The van der Waals surface area contributed by atoms with Crippen molar-refractivity contribution in [1.82, 2.24) is 20.1 Å². The van der Waals surface area contributed by atoms with E-state index in [2.05, 4.69) is 15.2 Å². The van der Waals surface area contributed by atoms with E-state index >= 15 is 0 Å². The highest BCUT2D eigenvalue weighted by atomic mass is 35.5. The molecule has 3 rings (SSSR count). The van der Waals surface area contributed by atoms with Crippen LogP contribution in [0.25, 0.3) is 11.3 Å². The Morgan fingerprint density at radius 2 is 2.09 bits per heavy atom. The number of nitrogens with one attached hydrogen (secondary N) is 1. The zero-order chi connectivity index (χ0) is 15.5. The SMILES string of the molecule is COc1cc(-c2cc(C(=O)N3CCCCC3)[nH]n2)c(Cl)cn1. The predicted octanol–water partition coefficient (Wildman–Crippen LogP) is 2.76. The van der Waals surface area contributed by atoms with Crippen molar-refractivity contribution in [3.8, 4) is 17.1 Å². The second-order valence-electron chi connectivity index (χ2n) is 5.23. The lowest BCUT2D eigenvalue weighted by atomic mass is 10.1. The molecule has 116 valence electrons. The van der Waals surface area contributed by atoms with Crippen molar-refractivity contribution in [3.63, 3.8) is 0 Å². The van der Waals surface area contributed by atoms with Gasteiger partial charge in [-0.1, -0.05) is 11.6 Å². The Morgan fingerprint density at radius 1 is 1.32 bits per heavy atom. The third-order valence-corrected chi connectivity index (χ3v) is 4.07. The van der Waals surface area contributed by atoms with Gasteiger partial charge in [0.2, 0.25) is 5.88 Å². The maximum absolute atomic E-state index is 12.4. The van der Waals surface area contributed by atoms with E-state index < -0.39 is 0 Å². The molecule has 0 saturated carbocycles. The van der Waals surface area contributed by atoms with Gasteiger partial charge in [-0.25, -0.2) is 4.98 Å². The lowest BCUT2D eigenvalue weighted by Gasteiger charge is -2.25. The second-order valence-corrected chi connectivity index (χ2v) is 5.63. The summed E-state index contributed by atoms with van der Waals surface area (Å²) in [6.07, 6.45) is 4.81. The monoisotopic (exact) mass is 320 g/mol. The third-order valence-electron chi connectivity index (χ3n) is 3.77. The summed E-state index contributed by atoms with van der Waals surface area (Å²) in [6, 6.07) is 3.42. The topological polar surface area (TPSA) is 71.1 Å². The lowest BCUT2D eigenvalue weighted by molar-refractivity contribution is 0.0718. The predicted molar refractivity (Wildman–Crippen MR) is 83.1 cm³/mol. The fourth-order valence-corrected chi connectivity index (χ4v) is 2.76. The summed E-state index contributed by atoms with van der Waals surface area (Å²) in [5, 5.41) is 7.47. The molecule has 22 heavy (non-hydrogen) atoms. The Morgan fingerprint density at radius 3 is 2.82 bits per heavy atom. The van der Waals surface area contributed by atoms with E-state index in [1.807, 2.05) is 4.90 Å². The van der Waals surface area contributed by atoms with Gasteiger partial charge in [-0.2, -0.15) is 5.10 Å². The van der Waals surface area contributed by atoms with Crippen molar-refractivity contribution in [2.24, 2.45) is 0 Å². The zero-order valence-electron chi connectivity index (χ0n) is 12.3. The number of aromatic nitrogens is 3. The number of carbonyl (C=O) groups excluding carboxylic acids is 1. The maximum atomic E-state index is 12.4. The van der Waals surface area contributed by atoms with Gasteiger partial charge in [0.15, 0.2) is 0 Å². The Balaban J connectivity index is 1.85. The Bertz CT molecular complexity index is 680. The summed E-state index contributed by atoms with van der Waals surface area (Å²) in [5.41, 5.74) is 1.76. The van der Waals surface area contributed by atoms with Crippen molar-refractivity contribution >= 4 is 17.5 Å². The Kier molecular flexibility index (Phi) is 4.29. The molecule has 0 bridgehead atoms. The first kappa shape index (κ1) is 14.8. The molecule has 0 atom stereocenters. The van der Waals surface area contributed by atoms with E-state index in [-0.39, 0.29) is 5.91 Å². The van der Waals surface area contributed by atoms with Crippen LogP contribution in [0.4, 0.5) is 0 Å². The first-order valence-electron chi connectivity index (χ1n) is 7.23. The van der Waals surface area contributed by atoms with Gasteiger partial charge >= 0.3 is 0 Å². The van der Waals surface area contributed by atoms with Crippen molar-refractivity contribution in [2.75, 3.05) is 20.2 Å². The molecule has 1 aliphatic heterocycles. The minimum atomic E-state index is -0.0180. The number of amides is 1. The van der Waals surface area contributed by atoms with Crippen LogP contribution >= 0.6 is 11.6 Å². The van der Waals surface area contributed by atoms with Crippen molar-refractivity contribution < 1.29 is 9.53 Å². The van der Waals surface area contributed by atoms with E-state index in [0.29, 0.717) is 27.9 Å². The van der Waals surface area contributed by atoms with Gasteiger partial charge in [0.25, 0.3) is 5.91 Å². The van der Waals surface area contributed by atoms with Crippen molar-refractivity contribution in [1.29, 1.82) is 0 Å². The van der Waals surface area contributed by atoms with E-state index in [0.717, 1.165) is 25.9 Å². The molecule has 3 heterocycles. The van der Waals surface area contributed by atoms with Gasteiger partial charge in [-0.05, 0) is 25.3 Å². The standard InChI is InChI=1S/C15H17ClN4O2/c1-22-14-7-10(11(16)9-17-14)12-8-13(19-18-12)15(21)20-5-3-2-4-6-20/h7-9H,2-6H2,1H3,(H,18,19). The van der Waals surface area contributed by atoms with Gasteiger partial charge in [0.05, 0.1) is 24.0 Å². The number of hydrogen-bond donors (Lipinski definition) is 1. The quantitative estimate of drug-likeness (QED) is 0.944. The highest BCUT2D eigenvalue weighted by molar-refractivity contribution is 6.33. The highest BCUT2D eigenvalue weighted by Gasteiger charge is 2.21. The molecule has 2 aromatic heterocycles. The lowest BCUT2D eigenvalue weighted by Crippen LogP contribution is -2.35. The summed E-state index contributed by atoms with van der Waals surface area (Å²) in [4.78, 5) is 18.3. The first-order valence-corrected chi connectivity index (χ1v) is 7.61. The van der Waals surface area contributed by atoms with Crippen LogP contribution in [0.2, 0.25) is 5.02 Å². The molecule has 1 N–H and O–H groups in total. The van der Waals surface area contributed by atoms with Gasteiger partial charge in [-0.3, -0.25) is 9.89 Å². The second kappa shape index (κ2) is 6.36. The number of ether oxygens (including phenoxy) is 1. The van der Waals surface area contributed by atoms with Crippen molar-refractivity contribution in [3.05, 3.63) is 29.0 Å². The van der Waals surface area contributed by atoms with Crippen LogP contribution in [-0.4, -0.2) is 46.2 Å². The van der Waals surface area contributed by atoms with Crippen LogP contribution in [0.3, 0.4) is 0 Å². The number of halogens is 1. The number of nitrogens with zero attached hydrogens (tertiary/aromatic N) is 3. The minimum absolute atomic E-state index is 0.0180. The zero-order valence-corrected chi connectivity index (χ0v) is 13.1. The van der Waals surface area contributed by atoms with Crippen LogP contribution in [0.15, 0.2) is 18.3 Å². The summed E-state index contributed by atoms with van der Waals surface area (Å²) in [7, 11) is 1.54. The molecule has 0 unspecified atom stereocenters. The molecule has 7 heteroatoms. The first-order chi connectivity index (χ1) is 10.7. The number of hydrogen-bond acceptors (Lipinski definition) is 4. The molecule has 1 saturated heterocycles. The fourth-order valence-electron chi connectivity index (χ4n) is 2.56. The minimum Gasteiger partial charge on any atom is -0.481 e. The number of H-pyrrole nitrogens is 1. The number of carbonyl (C=O) groups is 1. The molecule has 0 aromatic carbocycles. The van der Waals surface area contributed by atoms with Crippen LogP contribution in [0, 0.1) is 0 Å². The molecule has 0 aliphatic carbocycles. The number of likely N-dealkylation sites (tertiary alicyclic amines) is 1. The van der Waals surface area contributed by atoms with Crippen molar-refractivity contribution in [2.45, 2.75) is 19.3 Å². The van der Waals surface area contributed by atoms with E-state index in [1.165, 1.54) is 19.7 Å². The fraction of sp³-hybridized carbons (Fsp3) is 0.400. The Labute approximate surface area is 133 Å².